The van der Waals surface area contributed by atoms with E-state index in [1.54, 1.807) is 6.33 Å². The molecule has 5 heteroatoms. The van der Waals surface area contributed by atoms with E-state index in [0.717, 1.165) is 47.1 Å². The third-order valence-electron chi connectivity index (χ3n) is 3.66. The van der Waals surface area contributed by atoms with Gasteiger partial charge < -0.3 is 10.2 Å². The highest BCUT2D eigenvalue weighted by Gasteiger charge is 2.17. The highest BCUT2D eigenvalue weighted by Crippen LogP contribution is 2.25. The summed E-state index contributed by atoms with van der Waals surface area (Å²) in [5.74, 6) is 0.945. The normalized spacial score (nSPS) is 17.8. The van der Waals surface area contributed by atoms with Gasteiger partial charge in [-0.2, -0.15) is 0 Å². The van der Waals surface area contributed by atoms with Gasteiger partial charge in [0.25, 0.3) is 0 Å². The second kappa shape index (κ2) is 5.43. The van der Waals surface area contributed by atoms with Gasteiger partial charge in [0.15, 0.2) is 0 Å². The van der Waals surface area contributed by atoms with Gasteiger partial charge in [-0.05, 0) is 51.2 Å². The van der Waals surface area contributed by atoms with Crippen LogP contribution in [0.5, 0.6) is 0 Å². The predicted octanol–water partition coefficient (Wildman–Crippen LogP) is 2.90. The van der Waals surface area contributed by atoms with E-state index < -0.39 is 0 Å². The quantitative estimate of drug-likeness (QED) is 0.923. The smallest absolute Gasteiger partial charge is 0.137 e. The number of fused-ring (bicyclic) bond motifs is 1. The Morgan fingerprint density at radius 1 is 1.26 bits per heavy atom. The molecule has 0 spiro atoms. The van der Waals surface area contributed by atoms with Gasteiger partial charge in [0.05, 0.1) is 5.52 Å². The largest absolute Gasteiger partial charge is 0.367 e. The van der Waals surface area contributed by atoms with E-state index in [1.807, 2.05) is 12.1 Å². The molecule has 100 valence electrons. The summed E-state index contributed by atoms with van der Waals surface area (Å²) in [5.41, 5.74) is 0.980. The molecule has 1 aliphatic rings. The number of piperidine rings is 1. The summed E-state index contributed by atoms with van der Waals surface area (Å²) in [6.45, 7) is 2.29. The molecule has 19 heavy (non-hydrogen) atoms. The fraction of sp³-hybridized carbons (Fsp3) is 0.429. The van der Waals surface area contributed by atoms with Gasteiger partial charge in [0.2, 0.25) is 0 Å². The first-order chi connectivity index (χ1) is 9.22. The van der Waals surface area contributed by atoms with Gasteiger partial charge in [0.1, 0.15) is 12.1 Å². The maximum atomic E-state index is 4.40. The number of anilines is 1. The van der Waals surface area contributed by atoms with Crippen molar-refractivity contribution in [3.63, 3.8) is 0 Å². The minimum Gasteiger partial charge on any atom is -0.367 e. The van der Waals surface area contributed by atoms with Crippen LogP contribution in [-0.2, 0) is 0 Å². The Kier molecular flexibility index (Phi) is 3.66. The molecule has 1 aliphatic heterocycles. The third-order valence-corrected chi connectivity index (χ3v) is 4.15. The number of hydrogen-bond acceptors (Lipinski definition) is 4. The van der Waals surface area contributed by atoms with Gasteiger partial charge in [0, 0.05) is 15.9 Å². The molecular weight excluding hydrogens is 304 g/mol. The molecule has 0 saturated carbocycles. The van der Waals surface area contributed by atoms with Crippen LogP contribution < -0.4 is 5.32 Å². The standard InChI is InChI=1S/C14H17BrN4/c1-19-6-4-11(5-7-19)18-14-12-8-10(15)2-3-13(12)16-9-17-14/h2-3,8-9,11H,4-7H2,1H3,(H,16,17,18). The van der Waals surface area contributed by atoms with Crippen LogP contribution in [0, 0.1) is 0 Å². The number of rotatable bonds is 2. The fourth-order valence-corrected chi connectivity index (χ4v) is 2.85. The molecule has 4 nitrogen and oxygen atoms in total. The second-order valence-corrected chi connectivity index (χ2v) is 6.02. The number of halogens is 1. The monoisotopic (exact) mass is 320 g/mol. The van der Waals surface area contributed by atoms with Crippen LogP contribution in [0.15, 0.2) is 29.0 Å². The van der Waals surface area contributed by atoms with E-state index in [9.17, 15) is 0 Å². The zero-order chi connectivity index (χ0) is 13.2. The van der Waals surface area contributed by atoms with Crippen molar-refractivity contribution in [1.29, 1.82) is 0 Å². The predicted molar refractivity (Wildman–Crippen MR) is 81.4 cm³/mol. The Bertz CT molecular complexity index is 579. The van der Waals surface area contributed by atoms with Crippen LogP contribution in [0.25, 0.3) is 10.9 Å². The lowest BCUT2D eigenvalue weighted by molar-refractivity contribution is 0.264. The summed E-state index contributed by atoms with van der Waals surface area (Å²) >= 11 is 3.51. The van der Waals surface area contributed by atoms with E-state index in [1.165, 1.54) is 0 Å². The topological polar surface area (TPSA) is 41.0 Å². The highest BCUT2D eigenvalue weighted by molar-refractivity contribution is 9.10. The summed E-state index contributed by atoms with van der Waals surface area (Å²) in [6, 6.07) is 6.61. The number of likely N-dealkylation sites (tertiary alicyclic amines) is 1. The lowest BCUT2D eigenvalue weighted by Crippen LogP contribution is -2.36. The molecule has 1 aromatic carbocycles. The van der Waals surface area contributed by atoms with E-state index in [-0.39, 0.29) is 0 Å². The molecule has 1 fully saturated rings. The average molecular weight is 321 g/mol. The number of hydrogen-bond donors (Lipinski definition) is 1. The van der Waals surface area contributed by atoms with Crippen molar-refractivity contribution in [3.8, 4) is 0 Å². The van der Waals surface area contributed by atoms with Gasteiger partial charge in [-0.25, -0.2) is 9.97 Å². The maximum absolute atomic E-state index is 4.40. The Balaban J connectivity index is 1.86. The molecule has 0 atom stereocenters. The number of nitrogens with one attached hydrogen (secondary N) is 1. The fourth-order valence-electron chi connectivity index (χ4n) is 2.49. The van der Waals surface area contributed by atoms with E-state index >= 15 is 0 Å². The second-order valence-electron chi connectivity index (χ2n) is 5.11. The van der Waals surface area contributed by atoms with Crippen molar-refractivity contribution < 1.29 is 0 Å². The van der Waals surface area contributed by atoms with Crippen LogP contribution in [0.4, 0.5) is 5.82 Å². The van der Waals surface area contributed by atoms with Crippen molar-refractivity contribution in [2.45, 2.75) is 18.9 Å². The van der Waals surface area contributed by atoms with Crippen molar-refractivity contribution >= 4 is 32.7 Å². The zero-order valence-electron chi connectivity index (χ0n) is 10.9. The SMILES string of the molecule is CN1CCC(Nc2ncnc3ccc(Br)cc23)CC1. The molecule has 2 aromatic rings. The van der Waals surface area contributed by atoms with Crippen LogP contribution >= 0.6 is 15.9 Å². The van der Waals surface area contributed by atoms with Gasteiger partial charge in [-0.3, -0.25) is 0 Å². The molecule has 1 saturated heterocycles. The minimum atomic E-state index is 0.508. The Morgan fingerprint density at radius 2 is 2.05 bits per heavy atom. The Morgan fingerprint density at radius 3 is 2.84 bits per heavy atom. The lowest BCUT2D eigenvalue weighted by atomic mass is 10.1. The molecule has 1 aromatic heterocycles. The summed E-state index contributed by atoms with van der Waals surface area (Å²) in [4.78, 5) is 11.1. The van der Waals surface area contributed by atoms with Crippen LogP contribution in [-0.4, -0.2) is 41.0 Å². The van der Waals surface area contributed by atoms with Gasteiger partial charge in [-0.1, -0.05) is 15.9 Å². The van der Waals surface area contributed by atoms with E-state index in [4.69, 9.17) is 0 Å². The highest BCUT2D eigenvalue weighted by atomic mass is 79.9. The van der Waals surface area contributed by atoms with Crippen molar-refractivity contribution in [3.05, 3.63) is 29.0 Å². The summed E-state index contributed by atoms with van der Waals surface area (Å²) in [6.07, 6.45) is 3.96. The molecule has 1 N–H and O–H groups in total. The van der Waals surface area contributed by atoms with Crippen molar-refractivity contribution in [2.24, 2.45) is 0 Å². The molecule has 0 aliphatic carbocycles. The lowest BCUT2D eigenvalue weighted by Gasteiger charge is -2.30. The first-order valence-electron chi connectivity index (χ1n) is 6.58. The summed E-state index contributed by atoms with van der Waals surface area (Å²) in [5, 5.41) is 4.65. The van der Waals surface area contributed by atoms with Crippen LogP contribution in [0.3, 0.4) is 0 Å². The molecule has 2 heterocycles. The number of benzene rings is 1. The molecule has 0 unspecified atom stereocenters. The third kappa shape index (κ3) is 2.87. The minimum absolute atomic E-state index is 0.508. The molecular formula is C14H17BrN4. The summed E-state index contributed by atoms with van der Waals surface area (Å²) in [7, 11) is 2.17. The van der Waals surface area contributed by atoms with Gasteiger partial charge in [-0.15, -0.1) is 0 Å². The van der Waals surface area contributed by atoms with Crippen molar-refractivity contribution in [1.82, 2.24) is 14.9 Å². The molecule has 0 radical (unpaired) electrons. The number of nitrogens with zero attached hydrogens (tertiary/aromatic N) is 3. The first kappa shape index (κ1) is 12.8. The Hall–Kier alpha value is -1.20. The first-order valence-corrected chi connectivity index (χ1v) is 7.37. The summed E-state index contributed by atoms with van der Waals surface area (Å²) < 4.78 is 1.06. The van der Waals surface area contributed by atoms with E-state index in [2.05, 4.69) is 49.2 Å². The van der Waals surface area contributed by atoms with Crippen LogP contribution in [0.1, 0.15) is 12.8 Å². The Labute approximate surface area is 121 Å². The molecule has 3 rings (SSSR count). The molecule has 0 amide bonds. The van der Waals surface area contributed by atoms with Gasteiger partial charge >= 0.3 is 0 Å². The van der Waals surface area contributed by atoms with Crippen molar-refractivity contribution in [2.75, 3.05) is 25.5 Å². The number of aromatic nitrogens is 2. The molecule has 0 bridgehead atoms. The maximum Gasteiger partial charge on any atom is 0.137 e. The zero-order valence-corrected chi connectivity index (χ0v) is 12.5. The van der Waals surface area contributed by atoms with E-state index in [0.29, 0.717) is 6.04 Å². The van der Waals surface area contributed by atoms with Crippen LogP contribution in [0.2, 0.25) is 0 Å². The average Bonchev–Trinajstić information content (AvgIpc) is 2.42.